The number of anilines is 1. The van der Waals surface area contributed by atoms with Gasteiger partial charge in [-0.05, 0) is 18.9 Å². The highest BCUT2D eigenvalue weighted by molar-refractivity contribution is 7.86. The molecule has 33 heavy (non-hydrogen) atoms. The third-order valence-electron chi connectivity index (χ3n) is 5.38. The van der Waals surface area contributed by atoms with Crippen molar-refractivity contribution >= 4 is 38.7 Å². The minimum Gasteiger partial charge on any atom is -0.412 e. The topological polar surface area (TPSA) is 178 Å². The van der Waals surface area contributed by atoms with Crippen molar-refractivity contribution < 1.29 is 32.1 Å². The molecule has 2 fully saturated rings. The molecule has 180 valence electrons. The van der Waals surface area contributed by atoms with Crippen molar-refractivity contribution in [2.24, 2.45) is 16.8 Å². The molecule has 1 atom stereocenters. The molecule has 2 aliphatic rings. The quantitative estimate of drug-likeness (QED) is 0.419. The zero-order chi connectivity index (χ0) is 23.2. The maximum Gasteiger partial charge on any atom is 0.359 e. The van der Waals surface area contributed by atoms with Crippen LogP contribution in [0.3, 0.4) is 0 Å². The number of fused-ring (bicyclic) bond motifs is 1. The molecule has 0 bridgehead atoms. The van der Waals surface area contributed by atoms with Crippen LogP contribution in [-0.2, 0) is 19.1 Å². The summed E-state index contributed by atoms with van der Waals surface area (Å²) in [5.74, 6) is -2.19. The molecular formula is C19H24FN5O7S. The summed E-state index contributed by atoms with van der Waals surface area (Å²) >= 11 is 0. The number of nitrogens with zero attached hydrogens (tertiary/aromatic N) is 4. The molecule has 2 aromatic rings. The van der Waals surface area contributed by atoms with Gasteiger partial charge in [-0.2, -0.15) is 8.42 Å². The van der Waals surface area contributed by atoms with E-state index in [0.717, 1.165) is 18.9 Å². The van der Waals surface area contributed by atoms with Crippen LogP contribution in [0.5, 0.6) is 0 Å². The van der Waals surface area contributed by atoms with Crippen molar-refractivity contribution in [1.29, 1.82) is 0 Å². The highest BCUT2D eigenvalue weighted by Gasteiger charge is 2.33. The van der Waals surface area contributed by atoms with Gasteiger partial charge in [0, 0.05) is 31.2 Å². The minimum atomic E-state index is -4.13. The highest BCUT2D eigenvalue weighted by atomic mass is 32.2. The van der Waals surface area contributed by atoms with E-state index < -0.39 is 32.9 Å². The van der Waals surface area contributed by atoms with Gasteiger partial charge in [0.05, 0.1) is 23.9 Å². The SMILES string of the molecule is CON=C1CN(c2nc3c(cc2F)c(=O)c(C(=O)OS(C)(=O)=O)cn3C2CC2)CC1CN.O. The van der Waals surface area contributed by atoms with Gasteiger partial charge in [-0.1, -0.05) is 5.16 Å². The van der Waals surface area contributed by atoms with Gasteiger partial charge >= 0.3 is 16.1 Å². The average Bonchev–Trinajstić information content (AvgIpc) is 3.47. The molecule has 0 amide bonds. The summed E-state index contributed by atoms with van der Waals surface area (Å²) in [6.45, 7) is 0.935. The standard InChI is InChI=1S/C19H22FN5O6S.H2O/c1-30-23-15-9-24(7-10(15)6-21)18-14(20)5-12-16(26)13(19(27)31-32(2,28)29)8-25(11-3-4-11)17(12)22-18;/h5,8,10-11H,3-4,6-7,9,21H2,1-2H3;1H2. The molecule has 4 N–H and O–H groups in total. The van der Waals surface area contributed by atoms with Crippen molar-refractivity contribution in [2.75, 3.05) is 37.9 Å². The van der Waals surface area contributed by atoms with Crippen LogP contribution in [0.1, 0.15) is 29.2 Å². The third kappa shape index (κ3) is 4.82. The highest BCUT2D eigenvalue weighted by Crippen LogP contribution is 2.37. The second-order valence-electron chi connectivity index (χ2n) is 7.83. The van der Waals surface area contributed by atoms with Crippen LogP contribution in [-0.4, -0.2) is 68.1 Å². The maximum atomic E-state index is 15.1. The lowest BCUT2D eigenvalue weighted by Crippen LogP contribution is -2.26. The molecule has 12 nitrogen and oxygen atoms in total. The molecule has 2 aromatic heterocycles. The summed E-state index contributed by atoms with van der Waals surface area (Å²) in [5.41, 5.74) is 5.30. The summed E-state index contributed by atoms with van der Waals surface area (Å²) in [6.07, 6.45) is 3.48. The van der Waals surface area contributed by atoms with Crippen LogP contribution in [0.2, 0.25) is 0 Å². The van der Waals surface area contributed by atoms with Crippen LogP contribution in [0, 0.1) is 11.7 Å². The number of pyridine rings is 2. The number of carbonyl (C=O) groups excluding carboxylic acids is 1. The number of hydrogen-bond acceptors (Lipinski definition) is 10. The van der Waals surface area contributed by atoms with E-state index >= 15 is 4.39 Å². The Morgan fingerprint density at radius 1 is 1.39 bits per heavy atom. The van der Waals surface area contributed by atoms with Crippen molar-refractivity contribution in [3.63, 3.8) is 0 Å². The molecule has 1 saturated heterocycles. The predicted molar refractivity (Wildman–Crippen MR) is 117 cm³/mol. The Morgan fingerprint density at radius 2 is 2.09 bits per heavy atom. The van der Waals surface area contributed by atoms with Gasteiger partial charge in [0.15, 0.2) is 11.6 Å². The van der Waals surface area contributed by atoms with Crippen molar-refractivity contribution in [3.8, 4) is 0 Å². The molecule has 1 unspecified atom stereocenters. The zero-order valence-electron chi connectivity index (χ0n) is 17.9. The van der Waals surface area contributed by atoms with E-state index in [1.165, 1.54) is 13.3 Å². The fourth-order valence-electron chi connectivity index (χ4n) is 3.77. The van der Waals surface area contributed by atoms with Crippen LogP contribution >= 0.6 is 0 Å². The van der Waals surface area contributed by atoms with Crippen LogP contribution in [0.25, 0.3) is 11.0 Å². The van der Waals surface area contributed by atoms with Gasteiger partial charge < -0.3 is 29.7 Å². The summed E-state index contributed by atoms with van der Waals surface area (Å²) < 4.78 is 43.7. The number of aromatic nitrogens is 2. The first-order valence-electron chi connectivity index (χ1n) is 9.87. The van der Waals surface area contributed by atoms with Crippen molar-refractivity contribution in [1.82, 2.24) is 9.55 Å². The summed E-state index contributed by atoms with van der Waals surface area (Å²) in [6, 6.07) is 0.966. The van der Waals surface area contributed by atoms with E-state index in [2.05, 4.69) is 14.3 Å². The Labute approximate surface area is 188 Å². The van der Waals surface area contributed by atoms with E-state index in [-0.39, 0.29) is 40.8 Å². The Hall–Kier alpha value is -3.10. The van der Waals surface area contributed by atoms with E-state index in [1.54, 1.807) is 9.47 Å². The normalized spacial score (nSPS) is 19.6. The molecule has 0 spiro atoms. The number of halogens is 1. The second-order valence-corrected chi connectivity index (χ2v) is 9.40. The number of hydrogen-bond donors (Lipinski definition) is 1. The molecule has 4 rings (SSSR count). The first kappa shape index (κ1) is 24.5. The van der Waals surface area contributed by atoms with Gasteiger partial charge in [-0.15, -0.1) is 0 Å². The lowest BCUT2D eigenvalue weighted by molar-refractivity contribution is 0.0746. The summed E-state index contributed by atoms with van der Waals surface area (Å²) in [5, 5.41) is 3.83. The smallest absolute Gasteiger partial charge is 0.359 e. The first-order chi connectivity index (χ1) is 15.1. The number of rotatable bonds is 6. The first-order valence-corrected chi connectivity index (χ1v) is 11.7. The Kier molecular flexibility index (Phi) is 6.72. The molecule has 0 radical (unpaired) electrons. The van der Waals surface area contributed by atoms with Crippen molar-refractivity contribution in [2.45, 2.75) is 18.9 Å². The molecule has 14 heteroatoms. The van der Waals surface area contributed by atoms with E-state index in [1.807, 2.05) is 0 Å². The lowest BCUT2D eigenvalue weighted by atomic mass is 10.1. The molecule has 1 saturated carbocycles. The van der Waals surface area contributed by atoms with Gasteiger partial charge in [0.25, 0.3) is 0 Å². The summed E-state index contributed by atoms with van der Waals surface area (Å²) in [7, 11) is -2.71. The van der Waals surface area contributed by atoms with Gasteiger partial charge in [0.1, 0.15) is 18.3 Å². The molecule has 3 heterocycles. The van der Waals surface area contributed by atoms with Crippen LogP contribution in [0.15, 0.2) is 22.2 Å². The van der Waals surface area contributed by atoms with E-state index in [0.29, 0.717) is 25.1 Å². The predicted octanol–water partition coefficient (Wildman–Crippen LogP) is -0.440. The Morgan fingerprint density at radius 3 is 2.67 bits per heavy atom. The average molecular weight is 485 g/mol. The van der Waals surface area contributed by atoms with Crippen LogP contribution in [0.4, 0.5) is 10.2 Å². The Balaban J connectivity index is 0.00000306. The Bertz CT molecular complexity index is 1290. The van der Waals surface area contributed by atoms with Gasteiger partial charge in [-0.3, -0.25) is 4.79 Å². The number of nitrogens with two attached hydrogens (primary N) is 1. The maximum absolute atomic E-state index is 15.1. The van der Waals surface area contributed by atoms with Crippen molar-refractivity contribution in [3.05, 3.63) is 33.9 Å². The number of carbonyl (C=O) groups is 1. The largest absolute Gasteiger partial charge is 0.412 e. The van der Waals surface area contributed by atoms with Gasteiger partial charge in [-0.25, -0.2) is 14.2 Å². The fourth-order valence-corrected chi connectivity index (χ4v) is 4.14. The molecular weight excluding hydrogens is 461 g/mol. The zero-order valence-corrected chi connectivity index (χ0v) is 18.8. The van der Waals surface area contributed by atoms with E-state index in [9.17, 15) is 18.0 Å². The monoisotopic (exact) mass is 485 g/mol. The molecule has 0 aromatic carbocycles. The van der Waals surface area contributed by atoms with Crippen LogP contribution < -0.4 is 16.1 Å². The van der Waals surface area contributed by atoms with E-state index in [4.69, 9.17) is 10.6 Å². The molecule has 1 aliphatic carbocycles. The fraction of sp³-hybridized carbons (Fsp3) is 0.474. The lowest BCUT2D eigenvalue weighted by Gasteiger charge is -2.19. The molecule has 1 aliphatic heterocycles. The third-order valence-corrected chi connectivity index (χ3v) is 5.84. The summed E-state index contributed by atoms with van der Waals surface area (Å²) in [4.78, 5) is 36.1. The second kappa shape index (κ2) is 9.03. The number of oxime groups is 1. The minimum absolute atomic E-state index is 0. The van der Waals surface area contributed by atoms with Gasteiger partial charge in [0.2, 0.25) is 5.43 Å².